The average molecular weight is 221 g/mol. The zero-order valence-electron chi connectivity index (χ0n) is 9.68. The van der Waals surface area contributed by atoms with Gasteiger partial charge in [-0.15, -0.1) is 0 Å². The van der Waals surface area contributed by atoms with Crippen molar-refractivity contribution in [2.24, 2.45) is 0 Å². The molecule has 1 atom stereocenters. The summed E-state index contributed by atoms with van der Waals surface area (Å²) in [6, 6.07) is 9.28. The maximum atomic E-state index is 11.2. The number of hydrogen-bond donors (Lipinski definition) is 0. The van der Waals surface area contributed by atoms with E-state index in [0.717, 1.165) is 12.8 Å². The number of rotatable bonds is 6. The van der Waals surface area contributed by atoms with E-state index in [-0.39, 0.29) is 5.97 Å². The first kappa shape index (κ1) is 12.6. The van der Waals surface area contributed by atoms with E-state index in [0.29, 0.717) is 5.75 Å². The Morgan fingerprint density at radius 3 is 2.69 bits per heavy atom. The predicted molar refractivity (Wildman–Crippen MR) is 61.8 cm³/mol. The Hall–Kier alpha value is -1.51. The molecule has 1 rings (SSSR count). The van der Waals surface area contributed by atoms with Gasteiger partial charge in [0, 0.05) is 6.92 Å². The molecule has 3 heteroatoms. The van der Waals surface area contributed by atoms with Gasteiger partial charge in [-0.2, -0.15) is 0 Å². The third-order valence-corrected chi connectivity index (χ3v) is 1.93. The minimum Gasteiger partial charge on any atom is -0.455 e. The fourth-order valence-electron chi connectivity index (χ4n) is 1.19. The summed E-state index contributed by atoms with van der Waals surface area (Å²) in [6.45, 7) is 3.71. The third-order valence-electron chi connectivity index (χ3n) is 1.93. The molecular formula is C13H17O3. The van der Waals surface area contributed by atoms with Crippen molar-refractivity contribution in [3.05, 3.63) is 36.8 Å². The molecule has 1 aromatic rings. The second-order valence-corrected chi connectivity index (χ2v) is 3.43. The molecule has 1 unspecified atom stereocenters. The van der Waals surface area contributed by atoms with Crippen LogP contribution in [0.25, 0.3) is 0 Å². The summed E-state index contributed by atoms with van der Waals surface area (Å²) in [4.78, 5) is 11.2. The van der Waals surface area contributed by atoms with Crippen molar-refractivity contribution in [1.82, 2.24) is 0 Å². The highest BCUT2D eigenvalue weighted by molar-refractivity contribution is 5.78. The number of ether oxygens (including phenoxy) is 2. The highest BCUT2D eigenvalue weighted by Crippen LogP contribution is 2.11. The molecule has 16 heavy (non-hydrogen) atoms. The molecule has 1 aromatic carbocycles. The SMILES string of the molecule is CCC[CH]C(=O)OC(C)Oc1ccccc1. The second-order valence-electron chi connectivity index (χ2n) is 3.43. The Bertz CT molecular complexity index is 308. The Morgan fingerprint density at radius 2 is 2.06 bits per heavy atom. The van der Waals surface area contributed by atoms with Crippen LogP contribution in [0.2, 0.25) is 0 Å². The molecule has 0 spiro atoms. The Morgan fingerprint density at radius 1 is 1.38 bits per heavy atom. The van der Waals surface area contributed by atoms with Crippen LogP contribution < -0.4 is 4.74 Å². The second kappa shape index (κ2) is 6.88. The summed E-state index contributed by atoms with van der Waals surface area (Å²) in [5, 5.41) is 0. The number of carbonyl (C=O) groups is 1. The lowest BCUT2D eigenvalue weighted by Crippen LogP contribution is -2.20. The highest BCUT2D eigenvalue weighted by atomic mass is 16.7. The first-order chi connectivity index (χ1) is 7.72. The van der Waals surface area contributed by atoms with Crippen LogP contribution in [0.3, 0.4) is 0 Å². The predicted octanol–water partition coefficient (Wildman–Crippen LogP) is 2.96. The Labute approximate surface area is 96.4 Å². The number of benzene rings is 1. The van der Waals surface area contributed by atoms with E-state index < -0.39 is 6.29 Å². The maximum absolute atomic E-state index is 11.2. The Kier molecular flexibility index (Phi) is 5.40. The molecule has 0 amide bonds. The van der Waals surface area contributed by atoms with Crippen LogP contribution in [0.4, 0.5) is 0 Å². The fourth-order valence-corrected chi connectivity index (χ4v) is 1.19. The van der Waals surface area contributed by atoms with Crippen molar-refractivity contribution in [2.75, 3.05) is 0 Å². The molecule has 0 aliphatic carbocycles. The van der Waals surface area contributed by atoms with Crippen LogP contribution >= 0.6 is 0 Å². The van der Waals surface area contributed by atoms with Crippen LogP contribution in [0.1, 0.15) is 26.7 Å². The van der Waals surface area contributed by atoms with Crippen molar-refractivity contribution in [1.29, 1.82) is 0 Å². The van der Waals surface area contributed by atoms with Crippen molar-refractivity contribution in [3.8, 4) is 5.75 Å². The number of carbonyl (C=O) groups excluding carboxylic acids is 1. The third kappa shape index (κ3) is 4.82. The lowest BCUT2D eigenvalue weighted by Gasteiger charge is -2.14. The van der Waals surface area contributed by atoms with Gasteiger partial charge in [-0.1, -0.05) is 31.5 Å². The van der Waals surface area contributed by atoms with E-state index in [9.17, 15) is 4.79 Å². The number of unbranched alkanes of at least 4 members (excludes halogenated alkanes) is 1. The van der Waals surface area contributed by atoms with E-state index in [1.807, 2.05) is 37.3 Å². The van der Waals surface area contributed by atoms with Crippen molar-refractivity contribution in [3.63, 3.8) is 0 Å². The molecule has 0 aliphatic rings. The molecular weight excluding hydrogens is 204 g/mol. The van der Waals surface area contributed by atoms with Gasteiger partial charge < -0.3 is 9.47 Å². The molecule has 0 heterocycles. The van der Waals surface area contributed by atoms with Gasteiger partial charge in [-0.05, 0) is 18.6 Å². The maximum Gasteiger partial charge on any atom is 0.312 e. The minimum absolute atomic E-state index is 0.328. The van der Waals surface area contributed by atoms with Gasteiger partial charge in [0.15, 0.2) is 0 Å². The summed E-state index contributed by atoms with van der Waals surface area (Å²) in [6.07, 6.45) is 2.63. The Balaban J connectivity index is 2.30. The molecule has 0 saturated heterocycles. The summed E-state index contributed by atoms with van der Waals surface area (Å²) < 4.78 is 10.4. The topological polar surface area (TPSA) is 35.5 Å². The zero-order chi connectivity index (χ0) is 11.8. The van der Waals surface area contributed by atoms with Gasteiger partial charge in [-0.25, -0.2) is 0 Å². The minimum atomic E-state index is -0.567. The molecule has 0 bridgehead atoms. The van der Waals surface area contributed by atoms with Crippen molar-refractivity contribution < 1.29 is 14.3 Å². The molecule has 0 aliphatic heterocycles. The monoisotopic (exact) mass is 221 g/mol. The number of esters is 1. The van der Waals surface area contributed by atoms with Gasteiger partial charge in [0.25, 0.3) is 0 Å². The van der Waals surface area contributed by atoms with Crippen molar-refractivity contribution >= 4 is 5.97 Å². The fraction of sp³-hybridized carbons (Fsp3) is 0.385. The van der Waals surface area contributed by atoms with Gasteiger partial charge >= 0.3 is 5.97 Å². The average Bonchev–Trinajstić information content (AvgIpc) is 2.27. The van der Waals surface area contributed by atoms with Gasteiger partial charge in [0.1, 0.15) is 5.75 Å². The van der Waals surface area contributed by atoms with E-state index in [2.05, 4.69) is 0 Å². The molecule has 1 radical (unpaired) electrons. The van der Waals surface area contributed by atoms with Crippen LogP contribution in [0, 0.1) is 6.42 Å². The van der Waals surface area contributed by atoms with E-state index in [1.54, 1.807) is 6.92 Å². The summed E-state index contributed by atoms with van der Waals surface area (Å²) >= 11 is 0. The first-order valence-electron chi connectivity index (χ1n) is 5.48. The zero-order valence-corrected chi connectivity index (χ0v) is 9.68. The molecule has 0 fully saturated rings. The summed E-state index contributed by atoms with van der Waals surface area (Å²) in [5.74, 6) is 0.364. The van der Waals surface area contributed by atoms with Gasteiger partial charge in [0.2, 0.25) is 6.29 Å². The van der Waals surface area contributed by atoms with Crippen molar-refractivity contribution in [2.45, 2.75) is 33.0 Å². The van der Waals surface area contributed by atoms with Crippen LogP contribution in [-0.2, 0) is 9.53 Å². The molecule has 0 aromatic heterocycles. The smallest absolute Gasteiger partial charge is 0.312 e. The first-order valence-corrected chi connectivity index (χ1v) is 5.48. The number of hydrogen-bond acceptors (Lipinski definition) is 3. The van der Waals surface area contributed by atoms with Crippen LogP contribution in [0.15, 0.2) is 30.3 Å². The standard InChI is InChI=1S/C13H17O3/c1-3-4-10-13(14)16-11(2)15-12-8-6-5-7-9-12/h5-11H,3-4H2,1-2H3. The molecule has 3 nitrogen and oxygen atoms in total. The number of para-hydroxylation sites is 1. The van der Waals surface area contributed by atoms with Gasteiger partial charge in [0.05, 0.1) is 6.42 Å². The molecule has 87 valence electrons. The highest BCUT2D eigenvalue weighted by Gasteiger charge is 2.09. The normalized spacial score (nSPS) is 11.9. The largest absolute Gasteiger partial charge is 0.455 e. The quantitative estimate of drug-likeness (QED) is 0.547. The summed E-state index contributed by atoms with van der Waals surface area (Å²) in [7, 11) is 0. The lowest BCUT2D eigenvalue weighted by atomic mass is 10.2. The summed E-state index contributed by atoms with van der Waals surface area (Å²) in [5.41, 5.74) is 0. The van der Waals surface area contributed by atoms with Crippen LogP contribution in [0.5, 0.6) is 5.75 Å². The van der Waals surface area contributed by atoms with Crippen LogP contribution in [-0.4, -0.2) is 12.3 Å². The van der Waals surface area contributed by atoms with E-state index in [1.165, 1.54) is 6.42 Å². The molecule has 0 saturated carbocycles. The molecule has 0 N–H and O–H groups in total. The lowest BCUT2D eigenvalue weighted by molar-refractivity contribution is -0.157. The van der Waals surface area contributed by atoms with E-state index in [4.69, 9.17) is 9.47 Å². The van der Waals surface area contributed by atoms with Gasteiger partial charge in [-0.3, -0.25) is 4.79 Å². The van der Waals surface area contributed by atoms with E-state index >= 15 is 0 Å².